The van der Waals surface area contributed by atoms with Gasteiger partial charge in [0, 0.05) is 19.2 Å². The Morgan fingerprint density at radius 1 is 1.00 bits per heavy atom. The van der Waals surface area contributed by atoms with Gasteiger partial charge in [-0.15, -0.1) is 0 Å². The third kappa shape index (κ3) is 7.07. The van der Waals surface area contributed by atoms with E-state index in [9.17, 15) is 21.6 Å². The largest absolute Gasteiger partial charge is 0.350 e. The number of aryl methyl sites for hydroxylation is 2. The maximum absolute atomic E-state index is 12.4. The Balaban J connectivity index is 1.98. The Bertz CT molecular complexity index is 1140. The van der Waals surface area contributed by atoms with Crippen LogP contribution in [0.1, 0.15) is 42.5 Å². The van der Waals surface area contributed by atoms with Crippen molar-refractivity contribution in [2.24, 2.45) is 0 Å². The molecule has 1 N–H and O–H groups in total. The second-order valence-electron chi connectivity index (χ2n) is 7.86. The number of hydrogen-bond acceptors (Lipinski definition) is 5. The Labute approximate surface area is 185 Å². The fourth-order valence-electron chi connectivity index (χ4n) is 3.24. The standard InChI is InChI=1S/C22H30N2O5S2/c1-16-8-9-17(2)21(15-16)24(31(5,28)29)14-6-7-22(25)23-18(3)19-10-12-20(13-11-19)30(4,26)27/h8-13,15,18H,6-7,14H2,1-5H3,(H,23,25)/t18-/m0/s1. The molecule has 1 amide bonds. The Morgan fingerprint density at radius 3 is 2.16 bits per heavy atom. The molecule has 0 aliphatic rings. The van der Waals surface area contributed by atoms with Crippen LogP contribution in [0.3, 0.4) is 0 Å². The summed E-state index contributed by atoms with van der Waals surface area (Å²) in [5.41, 5.74) is 3.23. The third-order valence-electron chi connectivity index (χ3n) is 4.98. The Kier molecular flexibility index (Phi) is 7.88. The molecule has 1 atom stereocenters. The van der Waals surface area contributed by atoms with E-state index < -0.39 is 19.9 Å². The van der Waals surface area contributed by atoms with E-state index in [2.05, 4.69) is 5.32 Å². The van der Waals surface area contributed by atoms with Crippen LogP contribution in [0.5, 0.6) is 0 Å². The van der Waals surface area contributed by atoms with Gasteiger partial charge in [-0.1, -0.05) is 24.3 Å². The summed E-state index contributed by atoms with van der Waals surface area (Å²) in [7, 11) is -6.76. The zero-order valence-corrected chi connectivity index (χ0v) is 20.2. The topological polar surface area (TPSA) is 101 Å². The molecular formula is C22H30N2O5S2. The number of nitrogens with zero attached hydrogens (tertiary/aromatic N) is 1. The van der Waals surface area contributed by atoms with Crippen molar-refractivity contribution in [1.82, 2.24) is 5.32 Å². The van der Waals surface area contributed by atoms with Crippen LogP contribution < -0.4 is 9.62 Å². The first-order chi connectivity index (χ1) is 14.3. The van der Waals surface area contributed by atoms with E-state index in [1.165, 1.54) is 16.4 Å². The number of hydrogen-bond donors (Lipinski definition) is 1. The van der Waals surface area contributed by atoms with Crippen LogP contribution in [0.25, 0.3) is 0 Å². The highest BCUT2D eigenvalue weighted by Crippen LogP contribution is 2.24. The highest BCUT2D eigenvalue weighted by molar-refractivity contribution is 7.92. The summed E-state index contributed by atoms with van der Waals surface area (Å²) in [4.78, 5) is 12.6. The maximum Gasteiger partial charge on any atom is 0.232 e. The summed E-state index contributed by atoms with van der Waals surface area (Å²) in [5.74, 6) is -0.200. The lowest BCUT2D eigenvalue weighted by Crippen LogP contribution is -2.33. The molecule has 0 spiro atoms. The van der Waals surface area contributed by atoms with Gasteiger partial charge in [-0.3, -0.25) is 9.10 Å². The molecule has 0 aromatic heterocycles. The molecule has 31 heavy (non-hydrogen) atoms. The summed E-state index contributed by atoms with van der Waals surface area (Å²) >= 11 is 0. The lowest BCUT2D eigenvalue weighted by molar-refractivity contribution is -0.121. The van der Waals surface area contributed by atoms with Gasteiger partial charge in [-0.2, -0.15) is 0 Å². The smallest absolute Gasteiger partial charge is 0.232 e. The number of benzene rings is 2. The Hall–Kier alpha value is -2.39. The molecule has 0 bridgehead atoms. The fourth-order valence-corrected chi connectivity index (χ4v) is 4.88. The van der Waals surface area contributed by atoms with Crippen molar-refractivity contribution in [3.05, 3.63) is 59.2 Å². The number of sulfonamides is 1. The van der Waals surface area contributed by atoms with Crippen LogP contribution in [0.2, 0.25) is 0 Å². The minimum Gasteiger partial charge on any atom is -0.350 e. The van der Waals surface area contributed by atoms with Gasteiger partial charge < -0.3 is 5.32 Å². The van der Waals surface area contributed by atoms with Crippen molar-refractivity contribution in [2.45, 2.75) is 44.6 Å². The van der Waals surface area contributed by atoms with Gasteiger partial charge in [0.2, 0.25) is 15.9 Å². The normalized spacial score (nSPS) is 12.9. The zero-order chi connectivity index (χ0) is 23.4. The van der Waals surface area contributed by atoms with Gasteiger partial charge in [0.05, 0.1) is 22.9 Å². The van der Waals surface area contributed by atoms with Crippen molar-refractivity contribution >= 4 is 31.5 Å². The van der Waals surface area contributed by atoms with Crippen LogP contribution in [0.4, 0.5) is 5.69 Å². The molecule has 0 radical (unpaired) electrons. The van der Waals surface area contributed by atoms with Crippen LogP contribution in [-0.4, -0.2) is 41.8 Å². The highest BCUT2D eigenvalue weighted by atomic mass is 32.2. The summed E-state index contributed by atoms with van der Waals surface area (Å²) in [6.45, 7) is 5.78. The van der Waals surface area contributed by atoms with Crippen molar-refractivity contribution in [2.75, 3.05) is 23.4 Å². The van der Waals surface area contributed by atoms with E-state index in [1.807, 2.05) is 39.0 Å². The molecule has 7 nitrogen and oxygen atoms in total. The van der Waals surface area contributed by atoms with E-state index in [1.54, 1.807) is 12.1 Å². The molecule has 9 heteroatoms. The number of nitrogens with one attached hydrogen (secondary N) is 1. The predicted molar refractivity (Wildman–Crippen MR) is 123 cm³/mol. The SMILES string of the molecule is Cc1ccc(C)c(N(CCCC(=O)N[C@@H](C)c2ccc(S(C)(=O)=O)cc2)S(C)(=O)=O)c1. The van der Waals surface area contributed by atoms with E-state index in [-0.39, 0.29) is 29.8 Å². The average molecular weight is 467 g/mol. The minimum absolute atomic E-state index is 0.169. The molecule has 0 heterocycles. The zero-order valence-electron chi connectivity index (χ0n) is 18.5. The molecule has 0 aliphatic carbocycles. The second-order valence-corrected chi connectivity index (χ2v) is 11.8. The van der Waals surface area contributed by atoms with Gasteiger partial charge >= 0.3 is 0 Å². The number of rotatable bonds is 9. The van der Waals surface area contributed by atoms with E-state index >= 15 is 0 Å². The van der Waals surface area contributed by atoms with Crippen LogP contribution in [0, 0.1) is 13.8 Å². The minimum atomic E-state index is -3.48. The summed E-state index contributed by atoms with van der Waals surface area (Å²) in [6, 6.07) is 11.7. The van der Waals surface area contributed by atoms with Crippen molar-refractivity contribution in [3.63, 3.8) is 0 Å². The van der Waals surface area contributed by atoms with Gasteiger partial charge in [0.25, 0.3) is 0 Å². The molecule has 0 saturated heterocycles. The molecular weight excluding hydrogens is 436 g/mol. The lowest BCUT2D eigenvalue weighted by Gasteiger charge is -2.24. The number of amides is 1. The molecule has 0 unspecified atom stereocenters. The first-order valence-electron chi connectivity index (χ1n) is 9.93. The molecule has 0 fully saturated rings. The van der Waals surface area contributed by atoms with E-state index in [0.717, 1.165) is 29.2 Å². The maximum atomic E-state index is 12.4. The van der Waals surface area contributed by atoms with Gasteiger partial charge in [0.15, 0.2) is 9.84 Å². The molecule has 0 saturated carbocycles. The first kappa shape index (κ1) is 24.9. The predicted octanol–water partition coefficient (Wildman–Crippen LogP) is 3.13. The van der Waals surface area contributed by atoms with Crippen LogP contribution in [-0.2, 0) is 24.7 Å². The van der Waals surface area contributed by atoms with Crippen molar-refractivity contribution < 1.29 is 21.6 Å². The second kappa shape index (κ2) is 9.82. The monoisotopic (exact) mass is 466 g/mol. The average Bonchev–Trinajstić information content (AvgIpc) is 2.66. The van der Waals surface area contributed by atoms with Gasteiger partial charge in [-0.25, -0.2) is 16.8 Å². The molecule has 2 aromatic rings. The number of sulfone groups is 1. The molecule has 0 aliphatic heterocycles. The molecule has 2 rings (SSSR count). The number of carbonyl (C=O) groups is 1. The van der Waals surface area contributed by atoms with Crippen molar-refractivity contribution in [3.8, 4) is 0 Å². The summed E-state index contributed by atoms with van der Waals surface area (Å²) in [6.07, 6.45) is 2.84. The lowest BCUT2D eigenvalue weighted by atomic mass is 10.1. The van der Waals surface area contributed by atoms with Gasteiger partial charge in [0.1, 0.15) is 0 Å². The molecule has 170 valence electrons. The van der Waals surface area contributed by atoms with Crippen LogP contribution in [0.15, 0.2) is 47.4 Å². The Morgan fingerprint density at radius 2 is 1.61 bits per heavy atom. The number of anilines is 1. The van der Waals surface area contributed by atoms with Crippen molar-refractivity contribution in [1.29, 1.82) is 0 Å². The van der Waals surface area contributed by atoms with Gasteiger partial charge in [-0.05, 0) is 62.1 Å². The third-order valence-corrected chi connectivity index (χ3v) is 7.29. The quantitative estimate of drug-likeness (QED) is 0.612. The summed E-state index contributed by atoms with van der Waals surface area (Å²) < 4.78 is 49.1. The van der Waals surface area contributed by atoms with E-state index in [4.69, 9.17) is 0 Å². The first-order valence-corrected chi connectivity index (χ1v) is 13.7. The van der Waals surface area contributed by atoms with E-state index in [0.29, 0.717) is 12.1 Å². The van der Waals surface area contributed by atoms with Crippen LogP contribution >= 0.6 is 0 Å². The molecule has 2 aromatic carbocycles. The highest BCUT2D eigenvalue weighted by Gasteiger charge is 2.20. The number of carbonyl (C=O) groups excluding carboxylic acids is 1. The summed E-state index contributed by atoms with van der Waals surface area (Å²) in [5, 5.41) is 2.87. The fraction of sp³-hybridized carbons (Fsp3) is 0.409.